The van der Waals surface area contributed by atoms with Crippen LogP contribution in [0.2, 0.25) is 0 Å². The lowest BCUT2D eigenvalue weighted by molar-refractivity contribution is 1.12. The predicted octanol–water partition coefficient (Wildman–Crippen LogP) is 5.23. The number of aromatic amines is 2. The molecule has 6 heteroatoms. The second-order valence-electron chi connectivity index (χ2n) is 7.11. The van der Waals surface area contributed by atoms with Crippen molar-refractivity contribution in [1.82, 2.24) is 30.1 Å². The lowest BCUT2D eigenvalue weighted by Crippen LogP contribution is -1.82. The molecule has 6 aromatic rings. The van der Waals surface area contributed by atoms with E-state index in [4.69, 9.17) is 0 Å². The van der Waals surface area contributed by atoms with Crippen molar-refractivity contribution in [3.63, 3.8) is 0 Å². The largest absolute Gasteiger partial charge is 0.338 e. The fourth-order valence-corrected chi connectivity index (χ4v) is 3.87. The summed E-state index contributed by atoms with van der Waals surface area (Å²) in [5, 5.41) is 9.83. The van der Waals surface area contributed by atoms with E-state index in [9.17, 15) is 0 Å². The average molecular weight is 388 g/mol. The number of benzene rings is 1. The SMILES string of the molecule is c1cncc(-c2ccnc3[nH]c(-c4n[nH]c5ccc(-c6ccncc6)cc45)cc23)c1. The molecule has 2 N–H and O–H groups in total. The van der Waals surface area contributed by atoms with E-state index in [1.54, 1.807) is 18.6 Å². The first-order valence-corrected chi connectivity index (χ1v) is 9.64. The first kappa shape index (κ1) is 16.6. The fourth-order valence-electron chi connectivity index (χ4n) is 3.87. The summed E-state index contributed by atoms with van der Waals surface area (Å²) in [4.78, 5) is 16.3. The topological polar surface area (TPSA) is 83.1 Å². The molecule has 0 saturated carbocycles. The second kappa shape index (κ2) is 6.63. The zero-order valence-electron chi connectivity index (χ0n) is 15.9. The molecule has 0 atom stereocenters. The molecule has 0 unspecified atom stereocenters. The Bertz CT molecular complexity index is 1480. The zero-order valence-corrected chi connectivity index (χ0v) is 15.9. The van der Waals surface area contributed by atoms with E-state index in [0.29, 0.717) is 0 Å². The summed E-state index contributed by atoms with van der Waals surface area (Å²) in [5.41, 5.74) is 8.00. The highest BCUT2D eigenvalue weighted by atomic mass is 15.1. The van der Waals surface area contributed by atoms with Crippen molar-refractivity contribution in [3.05, 3.63) is 85.6 Å². The number of nitrogens with one attached hydrogen (secondary N) is 2. The van der Waals surface area contributed by atoms with Crippen molar-refractivity contribution in [2.24, 2.45) is 0 Å². The molecular weight excluding hydrogens is 372 g/mol. The molecule has 0 fully saturated rings. The van der Waals surface area contributed by atoms with Crippen LogP contribution in [0.15, 0.2) is 85.6 Å². The Kier molecular flexibility index (Phi) is 3.67. The molecule has 0 amide bonds. The lowest BCUT2D eigenvalue weighted by atomic mass is 10.0. The monoisotopic (exact) mass is 388 g/mol. The molecule has 0 aliphatic heterocycles. The first-order chi connectivity index (χ1) is 14.9. The Morgan fingerprint density at radius 3 is 2.50 bits per heavy atom. The van der Waals surface area contributed by atoms with E-state index in [1.807, 2.05) is 36.7 Å². The summed E-state index contributed by atoms with van der Waals surface area (Å²) in [6.07, 6.45) is 9.07. The normalized spacial score (nSPS) is 11.3. The third-order valence-electron chi connectivity index (χ3n) is 5.34. The van der Waals surface area contributed by atoms with Crippen LogP contribution >= 0.6 is 0 Å². The van der Waals surface area contributed by atoms with E-state index >= 15 is 0 Å². The highest BCUT2D eigenvalue weighted by molar-refractivity contribution is 6.00. The maximum absolute atomic E-state index is 4.59. The van der Waals surface area contributed by atoms with Crippen LogP contribution in [0.4, 0.5) is 0 Å². The van der Waals surface area contributed by atoms with Crippen LogP contribution in [-0.2, 0) is 0 Å². The molecule has 0 saturated heterocycles. The second-order valence-corrected chi connectivity index (χ2v) is 7.11. The zero-order chi connectivity index (χ0) is 19.9. The smallest absolute Gasteiger partial charge is 0.138 e. The van der Waals surface area contributed by atoms with Crippen molar-refractivity contribution in [2.75, 3.05) is 0 Å². The van der Waals surface area contributed by atoms with E-state index in [-0.39, 0.29) is 0 Å². The Labute approximate surface area is 171 Å². The van der Waals surface area contributed by atoms with Gasteiger partial charge in [0.1, 0.15) is 11.3 Å². The van der Waals surface area contributed by atoms with E-state index in [1.165, 1.54) is 0 Å². The molecule has 1 aromatic carbocycles. The van der Waals surface area contributed by atoms with Gasteiger partial charge in [0.05, 0.1) is 11.2 Å². The minimum absolute atomic E-state index is 0.827. The van der Waals surface area contributed by atoms with Crippen molar-refractivity contribution in [2.45, 2.75) is 0 Å². The summed E-state index contributed by atoms with van der Waals surface area (Å²) in [6, 6.07) is 18.4. The fraction of sp³-hybridized carbons (Fsp3) is 0. The van der Waals surface area contributed by atoms with Gasteiger partial charge in [-0.15, -0.1) is 0 Å². The molecule has 5 heterocycles. The number of H-pyrrole nitrogens is 2. The molecule has 0 aliphatic carbocycles. The number of hydrogen-bond acceptors (Lipinski definition) is 4. The van der Waals surface area contributed by atoms with Crippen LogP contribution < -0.4 is 0 Å². The van der Waals surface area contributed by atoms with E-state index in [0.717, 1.165) is 55.6 Å². The van der Waals surface area contributed by atoms with Crippen molar-refractivity contribution in [1.29, 1.82) is 0 Å². The molecular formula is C24H16N6. The Balaban J connectivity index is 1.52. The average Bonchev–Trinajstić information content (AvgIpc) is 3.43. The van der Waals surface area contributed by atoms with Crippen molar-refractivity contribution >= 4 is 21.9 Å². The molecule has 0 spiro atoms. The number of hydrogen-bond donors (Lipinski definition) is 2. The van der Waals surface area contributed by atoms with Gasteiger partial charge in [-0.3, -0.25) is 15.1 Å². The van der Waals surface area contributed by atoms with E-state index in [2.05, 4.69) is 60.5 Å². The van der Waals surface area contributed by atoms with Gasteiger partial charge in [0.15, 0.2) is 0 Å². The lowest BCUT2D eigenvalue weighted by Gasteiger charge is -2.02. The van der Waals surface area contributed by atoms with Crippen LogP contribution in [0.25, 0.3) is 55.6 Å². The molecule has 0 aliphatic rings. The number of pyridine rings is 3. The summed E-state index contributed by atoms with van der Waals surface area (Å²) < 4.78 is 0. The van der Waals surface area contributed by atoms with Gasteiger partial charge in [0, 0.05) is 47.3 Å². The van der Waals surface area contributed by atoms with Gasteiger partial charge < -0.3 is 4.98 Å². The Morgan fingerprint density at radius 1 is 0.700 bits per heavy atom. The molecule has 6 rings (SSSR count). The number of fused-ring (bicyclic) bond motifs is 2. The van der Waals surface area contributed by atoms with Gasteiger partial charge in [-0.2, -0.15) is 5.10 Å². The quantitative estimate of drug-likeness (QED) is 0.435. The summed E-state index contributed by atoms with van der Waals surface area (Å²) in [6.45, 7) is 0. The van der Waals surface area contributed by atoms with Crippen LogP contribution in [-0.4, -0.2) is 30.1 Å². The van der Waals surface area contributed by atoms with Gasteiger partial charge in [-0.05, 0) is 59.2 Å². The Morgan fingerprint density at radius 2 is 1.63 bits per heavy atom. The molecule has 30 heavy (non-hydrogen) atoms. The van der Waals surface area contributed by atoms with Crippen LogP contribution in [0.5, 0.6) is 0 Å². The Hall–Kier alpha value is -4.32. The van der Waals surface area contributed by atoms with Crippen LogP contribution in [0.3, 0.4) is 0 Å². The van der Waals surface area contributed by atoms with Gasteiger partial charge in [-0.25, -0.2) is 4.98 Å². The first-order valence-electron chi connectivity index (χ1n) is 9.64. The maximum Gasteiger partial charge on any atom is 0.138 e. The maximum atomic E-state index is 4.59. The standard InChI is InChI=1S/C24H16N6/c1-2-17(14-26-8-1)18-7-11-27-24-19(18)13-22(28-24)23-20-12-16(3-4-21(20)29-30-23)15-5-9-25-10-6-15/h1-14H,(H,27,28)(H,29,30). The predicted molar refractivity (Wildman–Crippen MR) is 118 cm³/mol. The van der Waals surface area contributed by atoms with Crippen LogP contribution in [0, 0.1) is 0 Å². The van der Waals surface area contributed by atoms with E-state index < -0.39 is 0 Å². The molecule has 6 nitrogen and oxygen atoms in total. The minimum atomic E-state index is 0.827. The number of rotatable bonds is 3. The summed E-state index contributed by atoms with van der Waals surface area (Å²) in [5.74, 6) is 0. The molecule has 5 aromatic heterocycles. The third kappa shape index (κ3) is 2.66. The molecule has 0 bridgehead atoms. The van der Waals surface area contributed by atoms with Gasteiger partial charge in [0.2, 0.25) is 0 Å². The summed E-state index contributed by atoms with van der Waals surface area (Å²) in [7, 11) is 0. The van der Waals surface area contributed by atoms with Gasteiger partial charge in [-0.1, -0.05) is 12.1 Å². The highest BCUT2D eigenvalue weighted by Crippen LogP contribution is 2.34. The molecule has 142 valence electrons. The highest BCUT2D eigenvalue weighted by Gasteiger charge is 2.14. The summed E-state index contributed by atoms with van der Waals surface area (Å²) >= 11 is 0. The minimum Gasteiger partial charge on any atom is -0.338 e. The van der Waals surface area contributed by atoms with Crippen LogP contribution in [0.1, 0.15) is 0 Å². The molecule has 0 radical (unpaired) electrons. The van der Waals surface area contributed by atoms with Crippen molar-refractivity contribution in [3.8, 4) is 33.6 Å². The van der Waals surface area contributed by atoms with Gasteiger partial charge in [0.25, 0.3) is 0 Å². The number of aromatic nitrogens is 6. The van der Waals surface area contributed by atoms with Crippen molar-refractivity contribution < 1.29 is 0 Å². The third-order valence-corrected chi connectivity index (χ3v) is 5.34. The number of nitrogens with zero attached hydrogens (tertiary/aromatic N) is 4. The van der Waals surface area contributed by atoms with Gasteiger partial charge >= 0.3 is 0 Å².